The van der Waals surface area contributed by atoms with Crippen LogP contribution in [0.25, 0.3) is 0 Å². The van der Waals surface area contributed by atoms with Crippen LogP contribution in [0.4, 0.5) is 0 Å². The first kappa shape index (κ1) is 10.5. The highest BCUT2D eigenvalue weighted by atomic mass is 16.3. The van der Waals surface area contributed by atoms with E-state index in [1.165, 1.54) is 0 Å². The van der Waals surface area contributed by atoms with Crippen LogP contribution in [-0.4, -0.2) is 48.2 Å². The number of amides is 1. The van der Waals surface area contributed by atoms with Crippen LogP contribution in [0.2, 0.25) is 0 Å². The molecule has 0 aromatic heterocycles. The second-order valence-corrected chi connectivity index (χ2v) is 5.60. The number of nitrogens with one attached hydrogen (secondary N) is 1. The van der Waals surface area contributed by atoms with Crippen molar-refractivity contribution in [1.82, 2.24) is 10.2 Å². The Morgan fingerprint density at radius 1 is 1.38 bits per heavy atom. The molecule has 2 atom stereocenters. The molecule has 0 aromatic rings. The second-order valence-electron chi connectivity index (χ2n) is 5.60. The predicted octanol–water partition coefficient (Wildman–Crippen LogP) is -0.0307. The number of aliphatic hydroxyl groups excluding tert-OH is 1. The van der Waals surface area contributed by atoms with Gasteiger partial charge in [-0.05, 0) is 44.2 Å². The van der Waals surface area contributed by atoms with Crippen LogP contribution in [0.1, 0.15) is 25.7 Å². The van der Waals surface area contributed by atoms with Gasteiger partial charge in [0.2, 0.25) is 5.91 Å². The van der Waals surface area contributed by atoms with E-state index in [1.807, 2.05) is 4.90 Å². The van der Waals surface area contributed by atoms with Crippen LogP contribution in [0.3, 0.4) is 0 Å². The molecule has 4 nitrogen and oxygen atoms in total. The highest BCUT2D eigenvalue weighted by Gasteiger charge is 2.58. The summed E-state index contributed by atoms with van der Waals surface area (Å²) in [6.45, 7) is 3.44. The molecule has 1 amide bonds. The Bertz CT molecular complexity index is 299. The Balaban J connectivity index is 1.61. The molecule has 0 bridgehead atoms. The molecule has 1 saturated carbocycles. The number of aliphatic hydroxyl groups is 1. The van der Waals surface area contributed by atoms with Gasteiger partial charge in [-0.2, -0.15) is 0 Å². The molecule has 2 saturated heterocycles. The molecule has 0 aromatic carbocycles. The van der Waals surface area contributed by atoms with E-state index in [2.05, 4.69) is 5.32 Å². The van der Waals surface area contributed by atoms with Gasteiger partial charge in [0.15, 0.2) is 0 Å². The van der Waals surface area contributed by atoms with Gasteiger partial charge in [0, 0.05) is 19.0 Å². The van der Waals surface area contributed by atoms with Crippen molar-refractivity contribution < 1.29 is 9.90 Å². The van der Waals surface area contributed by atoms with Crippen molar-refractivity contribution in [3.8, 4) is 0 Å². The maximum Gasteiger partial charge on any atom is 0.226 e. The van der Waals surface area contributed by atoms with E-state index in [0.29, 0.717) is 17.9 Å². The SMILES string of the molecule is O=C(C1CC12CCNCC2)N1CC[C@H](O)C1. The fourth-order valence-corrected chi connectivity index (χ4v) is 3.34. The third-order valence-corrected chi connectivity index (χ3v) is 4.56. The molecule has 2 N–H and O–H groups in total. The van der Waals surface area contributed by atoms with E-state index in [1.54, 1.807) is 0 Å². The number of β-amino-alcohol motifs (C(OH)–C–C–N with tert-alkyl or cyclic N) is 1. The van der Waals surface area contributed by atoms with Crippen molar-refractivity contribution in [3.05, 3.63) is 0 Å². The van der Waals surface area contributed by atoms with Crippen LogP contribution in [0.15, 0.2) is 0 Å². The van der Waals surface area contributed by atoms with E-state index in [4.69, 9.17) is 0 Å². The minimum absolute atomic E-state index is 0.264. The number of likely N-dealkylation sites (tertiary alicyclic amines) is 1. The minimum atomic E-state index is -0.285. The van der Waals surface area contributed by atoms with Gasteiger partial charge in [-0.3, -0.25) is 4.79 Å². The third kappa shape index (κ3) is 1.64. The first-order valence-corrected chi connectivity index (χ1v) is 6.39. The lowest BCUT2D eigenvalue weighted by Gasteiger charge is -2.24. The average Bonchev–Trinajstić information content (AvgIpc) is 2.79. The summed E-state index contributed by atoms with van der Waals surface area (Å²) in [5, 5.41) is 12.8. The summed E-state index contributed by atoms with van der Waals surface area (Å²) in [4.78, 5) is 14.1. The summed E-state index contributed by atoms with van der Waals surface area (Å²) >= 11 is 0. The van der Waals surface area contributed by atoms with E-state index in [0.717, 1.165) is 45.3 Å². The molecule has 90 valence electrons. The standard InChI is InChI=1S/C12H20N2O2/c15-9-1-6-14(8-9)11(16)10-7-12(10)2-4-13-5-3-12/h9-10,13,15H,1-8H2/t9-,10?/m0/s1. The van der Waals surface area contributed by atoms with E-state index < -0.39 is 0 Å². The molecule has 1 unspecified atom stereocenters. The van der Waals surface area contributed by atoms with E-state index in [-0.39, 0.29) is 12.0 Å². The predicted molar refractivity (Wildman–Crippen MR) is 59.8 cm³/mol. The molecular formula is C12H20N2O2. The number of nitrogens with zero attached hydrogens (tertiary/aromatic N) is 1. The molecular weight excluding hydrogens is 204 g/mol. The van der Waals surface area contributed by atoms with Crippen molar-refractivity contribution in [1.29, 1.82) is 0 Å². The molecule has 3 fully saturated rings. The number of hydrogen-bond donors (Lipinski definition) is 2. The maximum atomic E-state index is 12.2. The van der Waals surface area contributed by atoms with Crippen LogP contribution in [0.5, 0.6) is 0 Å². The monoisotopic (exact) mass is 224 g/mol. The van der Waals surface area contributed by atoms with Crippen molar-refractivity contribution in [2.45, 2.75) is 31.8 Å². The third-order valence-electron chi connectivity index (χ3n) is 4.56. The molecule has 16 heavy (non-hydrogen) atoms. The minimum Gasteiger partial charge on any atom is -0.391 e. The molecule has 4 heteroatoms. The lowest BCUT2D eigenvalue weighted by atomic mass is 9.91. The van der Waals surface area contributed by atoms with Gasteiger partial charge in [-0.15, -0.1) is 0 Å². The Morgan fingerprint density at radius 2 is 2.12 bits per heavy atom. The molecule has 0 radical (unpaired) electrons. The second kappa shape index (κ2) is 3.70. The zero-order valence-corrected chi connectivity index (χ0v) is 9.61. The smallest absolute Gasteiger partial charge is 0.226 e. The van der Waals surface area contributed by atoms with Crippen LogP contribution >= 0.6 is 0 Å². The quantitative estimate of drug-likeness (QED) is 0.657. The normalized spacial score (nSPS) is 36.7. The summed E-state index contributed by atoms with van der Waals surface area (Å²) in [6.07, 6.45) is 3.86. The fourth-order valence-electron chi connectivity index (χ4n) is 3.34. The molecule has 2 heterocycles. The first-order chi connectivity index (χ1) is 7.71. The van der Waals surface area contributed by atoms with Gasteiger partial charge < -0.3 is 15.3 Å². The van der Waals surface area contributed by atoms with Gasteiger partial charge in [-0.25, -0.2) is 0 Å². The van der Waals surface area contributed by atoms with Crippen LogP contribution in [0, 0.1) is 11.3 Å². The van der Waals surface area contributed by atoms with Crippen LogP contribution < -0.4 is 5.32 Å². The van der Waals surface area contributed by atoms with Crippen molar-refractivity contribution in [2.24, 2.45) is 11.3 Å². The van der Waals surface area contributed by atoms with Crippen molar-refractivity contribution in [2.75, 3.05) is 26.2 Å². The molecule has 3 rings (SSSR count). The summed E-state index contributed by atoms with van der Waals surface area (Å²) in [6, 6.07) is 0. The highest BCUT2D eigenvalue weighted by Crippen LogP contribution is 2.59. The zero-order valence-electron chi connectivity index (χ0n) is 9.61. The molecule has 1 spiro atoms. The Kier molecular flexibility index (Phi) is 2.44. The fraction of sp³-hybridized carbons (Fsp3) is 0.917. The number of carbonyl (C=O) groups excluding carboxylic acids is 1. The maximum absolute atomic E-state index is 12.2. The van der Waals surface area contributed by atoms with E-state index >= 15 is 0 Å². The largest absolute Gasteiger partial charge is 0.391 e. The van der Waals surface area contributed by atoms with Gasteiger partial charge in [0.25, 0.3) is 0 Å². The van der Waals surface area contributed by atoms with Gasteiger partial charge >= 0.3 is 0 Å². The molecule has 2 aliphatic heterocycles. The lowest BCUT2D eigenvalue weighted by Crippen LogP contribution is -2.35. The summed E-state index contributed by atoms with van der Waals surface area (Å²) in [5.41, 5.74) is 0.329. The average molecular weight is 224 g/mol. The van der Waals surface area contributed by atoms with Crippen molar-refractivity contribution in [3.63, 3.8) is 0 Å². The van der Waals surface area contributed by atoms with Gasteiger partial charge in [-0.1, -0.05) is 0 Å². The van der Waals surface area contributed by atoms with Gasteiger partial charge in [0.05, 0.1) is 6.10 Å². The highest BCUT2D eigenvalue weighted by molar-refractivity contribution is 5.83. The topological polar surface area (TPSA) is 52.6 Å². The van der Waals surface area contributed by atoms with E-state index in [9.17, 15) is 9.90 Å². The Morgan fingerprint density at radius 3 is 2.75 bits per heavy atom. The van der Waals surface area contributed by atoms with Crippen molar-refractivity contribution >= 4 is 5.91 Å². The van der Waals surface area contributed by atoms with Crippen LogP contribution in [-0.2, 0) is 4.79 Å². The number of piperidine rings is 1. The zero-order chi connectivity index (χ0) is 11.2. The lowest BCUT2D eigenvalue weighted by molar-refractivity contribution is -0.132. The molecule has 3 aliphatic rings. The number of carbonyl (C=O) groups is 1. The summed E-state index contributed by atoms with van der Waals surface area (Å²) in [5.74, 6) is 0.568. The first-order valence-electron chi connectivity index (χ1n) is 6.39. The molecule has 1 aliphatic carbocycles. The summed E-state index contributed by atoms with van der Waals surface area (Å²) < 4.78 is 0. The Hall–Kier alpha value is -0.610. The van der Waals surface area contributed by atoms with Gasteiger partial charge in [0.1, 0.15) is 0 Å². The number of hydrogen-bond acceptors (Lipinski definition) is 3. The summed E-state index contributed by atoms with van der Waals surface area (Å²) in [7, 11) is 0. The Labute approximate surface area is 96.0 Å². The number of rotatable bonds is 1.